The molecule has 1 atom stereocenters. The van der Waals surface area contributed by atoms with E-state index in [9.17, 15) is 4.79 Å². The number of carbonyl (C=O) groups excluding carboxylic acids is 1. The van der Waals surface area contributed by atoms with Crippen molar-refractivity contribution in [2.75, 3.05) is 19.8 Å². The summed E-state index contributed by atoms with van der Waals surface area (Å²) in [5, 5.41) is 2.81. The van der Waals surface area contributed by atoms with E-state index < -0.39 is 0 Å². The van der Waals surface area contributed by atoms with Crippen molar-refractivity contribution in [3.05, 3.63) is 28.7 Å². The van der Waals surface area contributed by atoms with Gasteiger partial charge in [-0.1, -0.05) is 15.9 Å². The van der Waals surface area contributed by atoms with E-state index in [2.05, 4.69) is 21.2 Å². The lowest BCUT2D eigenvalue weighted by Crippen LogP contribution is -2.35. The Morgan fingerprint density at radius 2 is 2.22 bits per heavy atom. The van der Waals surface area contributed by atoms with Crippen LogP contribution in [0.5, 0.6) is 5.75 Å². The summed E-state index contributed by atoms with van der Waals surface area (Å²) in [6.45, 7) is 1.41. The van der Waals surface area contributed by atoms with Crippen molar-refractivity contribution in [2.45, 2.75) is 18.9 Å². The summed E-state index contributed by atoms with van der Waals surface area (Å²) in [5.41, 5.74) is 0. The highest BCUT2D eigenvalue weighted by molar-refractivity contribution is 9.10. The van der Waals surface area contributed by atoms with E-state index in [1.54, 1.807) is 0 Å². The number of halogens is 1. The van der Waals surface area contributed by atoms with Crippen molar-refractivity contribution in [3.63, 3.8) is 0 Å². The summed E-state index contributed by atoms with van der Waals surface area (Å²) in [5.74, 6) is 0.568. The van der Waals surface area contributed by atoms with E-state index >= 15 is 0 Å². The number of nitrogens with one attached hydrogen (secondary N) is 1. The van der Waals surface area contributed by atoms with Gasteiger partial charge in [0.1, 0.15) is 5.75 Å². The molecule has 0 aliphatic carbocycles. The van der Waals surface area contributed by atoms with Crippen LogP contribution in [0.3, 0.4) is 0 Å². The molecule has 4 nitrogen and oxygen atoms in total. The van der Waals surface area contributed by atoms with Crippen LogP contribution in [0.2, 0.25) is 0 Å². The predicted octanol–water partition coefficient (Wildman–Crippen LogP) is 2.12. The van der Waals surface area contributed by atoms with Crippen molar-refractivity contribution in [1.29, 1.82) is 0 Å². The Balaban J connectivity index is 1.66. The molecule has 1 amide bonds. The summed E-state index contributed by atoms with van der Waals surface area (Å²) in [6.07, 6.45) is 2.27. The molecule has 2 rings (SSSR count). The van der Waals surface area contributed by atoms with Gasteiger partial charge in [0.2, 0.25) is 0 Å². The fourth-order valence-corrected chi connectivity index (χ4v) is 2.03. The van der Waals surface area contributed by atoms with Crippen molar-refractivity contribution >= 4 is 21.8 Å². The highest BCUT2D eigenvalue weighted by atomic mass is 79.9. The van der Waals surface area contributed by atoms with Crippen LogP contribution in [-0.2, 0) is 9.53 Å². The molecule has 0 radical (unpaired) electrons. The summed E-state index contributed by atoms with van der Waals surface area (Å²) < 4.78 is 11.8. The molecule has 1 aliphatic heterocycles. The van der Waals surface area contributed by atoms with E-state index in [0.717, 1.165) is 23.9 Å². The molecule has 1 N–H and O–H groups in total. The van der Waals surface area contributed by atoms with Gasteiger partial charge in [0.15, 0.2) is 6.61 Å². The normalized spacial score (nSPS) is 18.6. The first-order chi connectivity index (χ1) is 8.74. The zero-order chi connectivity index (χ0) is 12.8. The maximum atomic E-state index is 11.5. The predicted molar refractivity (Wildman–Crippen MR) is 71.6 cm³/mol. The van der Waals surface area contributed by atoms with E-state index in [-0.39, 0.29) is 18.6 Å². The second-order valence-corrected chi connectivity index (χ2v) is 5.10. The van der Waals surface area contributed by atoms with Crippen LogP contribution in [0, 0.1) is 0 Å². The lowest BCUT2D eigenvalue weighted by Gasteiger charge is -2.11. The van der Waals surface area contributed by atoms with Gasteiger partial charge >= 0.3 is 0 Å². The van der Waals surface area contributed by atoms with Crippen LogP contribution in [0.1, 0.15) is 12.8 Å². The fraction of sp³-hybridized carbons (Fsp3) is 0.462. The quantitative estimate of drug-likeness (QED) is 0.906. The van der Waals surface area contributed by atoms with Gasteiger partial charge in [-0.05, 0) is 37.1 Å². The van der Waals surface area contributed by atoms with Crippen molar-refractivity contribution in [2.24, 2.45) is 0 Å². The molecule has 18 heavy (non-hydrogen) atoms. The number of hydrogen-bond acceptors (Lipinski definition) is 3. The minimum Gasteiger partial charge on any atom is -0.484 e. The molecular formula is C13H16BrNO3. The average molecular weight is 314 g/mol. The van der Waals surface area contributed by atoms with E-state index in [1.165, 1.54) is 0 Å². The molecule has 0 spiro atoms. The van der Waals surface area contributed by atoms with Crippen molar-refractivity contribution in [1.82, 2.24) is 5.32 Å². The first-order valence-electron chi connectivity index (χ1n) is 6.01. The second-order valence-electron chi connectivity index (χ2n) is 4.18. The first kappa shape index (κ1) is 13.4. The second kappa shape index (κ2) is 6.75. The highest BCUT2D eigenvalue weighted by Gasteiger charge is 2.16. The Bertz CT molecular complexity index is 388. The monoisotopic (exact) mass is 313 g/mol. The summed E-state index contributed by atoms with van der Waals surface area (Å²) in [6, 6.07) is 7.38. The van der Waals surface area contributed by atoms with Gasteiger partial charge in [-0.15, -0.1) is 0 Å². The van der Waals surface area contributed by atoms with Gasteiger partial charge in [0, 0.05) is 17.6 Å². The minimum atomic E-state index is -0.117. The van der Waals surface area contributed by atoms with Gasteiger partial charge in [-0.2, -0.15) is 0 Å². The van der Waals surface area contributed by atoms with Gasteiger partial charge in [-0.3, -0.25) is 4.79 Å². The Labute approximate surface area is 115 Å². The number of rotatable bonds is 5. The van der Waals surface area contributed by atoms with Crippen LogP contribution in [-0.4, -0.2) is 31.8 Å². The summed E-state index contributed by atoms with van der Waals surface area (Å²) in [4.78, 5) is 11.5. The number of hydrogen-bond donors (Lipinski definition) is 1. The molecule has 1 aromatic carbocycles. The minimum absolute atomic E-state index is 0.0361. The third kappa shape index (κ3) is 4.31. The molecule has 0 bridgehead atoms. The number of amides is 1. The molecule has 1 fully saturated rings. The van der Waals surface area contributed by atoms with Crippen LogP contribution in [0.25, 0.3) is 0 Å². The Morgan fingerprint density at radius 3 is 2.89 bits per heavy atom. The molecule has 1 heterocycles. The maximum Gasteiger partial charge on any atom is 0.258 e. The van der Waals surface area contributed by atoms with Crippen LogP contribution < -0.4 is 10.1 Å². The molecule has 0 unspecified atom stereocenters. The van der Waals surface area contributed by atoms with Crippen LogP contribution >= 0.6 is 15.9 Å². The zero-order valence-corrected chi connectivity index (χ0v) is 11.6. The topological polar surface area (TPSA) is 47.6 Å². The van der Waals surface area contributed by atoms with Crippen LogP contribution in [0.15, 0.2) is 28.7 Å². The maximum absolute atomic E-state index is 11.5. The third-order valence-electron chi connectivity index (χ3n) is 2.73. The Kier molecular flexibility index (Phi) is 5.01. The number of ether oxygens (including phenoxy) is 2. The van der Waals surface area contributed by atoms with Gasteiger partial charge in [0.05, 0.1) is 6.10 Å². The van der Waals surface area contributed by atoms with E-state index in [4.69, 9.17) is 9.47 Å². The molecule has 1 saturated heterocycles. The molecule has 0 aromatic heterocycles. The standard InChI is InChI=1S/C13H16BrNO3/c14-10-3-5-11(6-4-10)18-9-13(16)15-8-12-2-1-7-17-12/h3-6,12H,1-2,7-9H2,(H,15,16)/t12-/m0/s1. The fourth-order valence-electron chi connectivity index (χ4n) is 1.76. The largest absolute Gasteiger partial charge is 0.484 e. The van der Waals surface area contributed by atoms with Gasteiger partial charge in [0.25, 0.3) is 5.91 Å². The number of benzene rings is 1. The molecule has 0 saturated carbocycles. The lowest BCUT2D eigenvalue weighted by molar-refractivity contribution is -0.123. The summed E-state index contributed by atoms with van der Waals surface area (Å²) >= 11 is 3.34. The smallest absolute Gasteiger partial charge is 0.258 e. The van der Waals surface area contributed by atoms with Crippen molar-refractivity contribution < 1.29 is 14.3 Å². The molecule has 1 aliphatic rings. The zero-order valence-electron chi connectivity index (χ0n) is 10.0. The van der Waals surface area contributed by atoms with Gasteiger partial charge < -0.3 is 14.8 Å². The highest BCUT2D eigenvalue weighted by Crippen LogP contribution is 2.15. The third-order valence-corrected chi connectivity index (χ3v) is 3.26. The van der Waals surface area contributed by atoms with Gasteiger partial charge in [-0.25, -0.2) is 0 Å². The SMILES string of the molecule is O=C(COc1ccc(Br)cc1)NC[C@@H]1CCCO1. The average Bonchev–Trinajstić information content (AvgIpc) is 2.89. The number of carbonyl (C=O) groups is 1. The van der Waals surface area contributed by atoms with E-state index in [1.807, 2.05) is 24.3 Å². The molecular weight excluding hydrogens is 298 g/mol. The molecule has 1 aromatic rings. The summed E-state index contributed by atoms with van der Waals surface area (Å²) in [7, 11) is 0. The Morgan fingerprint density at radius 1 is 1.44 bits per heavy atom. The molecule has 5 heteroatoms. The van der Waals surface area contributed by atoms with Crippen LogP contribution in [0.4, 0.5) is 0 Å². The Hall–Kier alpha value is -1.07. The van der Waals surface area contributed by atoms with Crippen molar-refractivity contribution in [3.8, 4) is 5.75 Å². The first-order valence-corrected chi connectivity index (χ1v) is 6.80. The molecule has 98 valence electrons. The lowest BCUT2D eigenvalue weighted by atomic mass is 10.2. The van der Waals surface area contributed by atoms with E-state index in [0.29, 0.717) is 12.3 Å².